The minimum absolute atomic E-state index is 0.198. The number of anilines is 1. The third-order valence-electron chi connectivity index (χ3n) is 5.51. The topological polar surface area (TPSA) is 46.9 Å². The van der Waals surface area contributed by atoms with E-state index >= 15 is 0 Å². The summed E-state index contributed by atoms with van der Waals surface area (Å²) in [6, 6.07) is 29.8. The number of carbonyl (C=O) groups is 1. The van der Waals surface area contributed by atoms with Gasteiger partial charge in [-0.15, -0.1) is 11.8 Å². The molecule has 5 aromatic rings. The van der Waals surface area contributed by atoms with Crippen molar-refractivity contribution in [3.8, 4) is 5.69 Å². The summed E-state index contributed by atoms with van der Waals surface area (Å²) in [5, 5.41) is 3.00. The Balaban J connectivity index is 1.36. The van der Waals surface area contributed by atoms with Gasteiger partial charge in [-0.05, 0) is 73.2 Å². The molecule has 6 heteroatoms. The van der Waals surface area contributed by atoms with E-state index in [9.17, 15) is 9.18 Å². The molecule has 4 nitrogen and oxygen atoms in total. The first kappa shape index (κ1) is 21.9. The van der Waals surface area contributed by atoms with E-state index in [4.69, 9.17) is 0 Å². The number of imidazole rings is 1. The maximum Gasteiger partial charge on any atom is 0.255 e. The molecule has 0 aliphatic rings. The SMILES string of the molecule is Cc1nc2ccc(C(=O)Nc3cccc(SCc4ccccc4)c3)cc2n1-c1ccc(F)cc1. The van der Waals surface area contributed by atoms with Crippen molar-refractivity contribution >= 4 is 34.4 Å². The summed E-state index contributed by atoms with van der Waals surface area (Å²) < 4.78 is 15.3. The Morgan fingerprint density at radius 1 is 0.941 bits per heavy atom. The van der Waals surface area contributed by atoms with Gasteiger partial charge >= 0.3 is 0 Å². The van der Waals surface area contributed by atoms with E-state index in [-0.39, 0.29) is 11.7 Å². The van der Waals surface area contributed by atoms with Crippen LogP contribution in [0.25, 0.3) is 16.7 Å². The Kier molecular flexibility index (Phi) is 6.14. The number of aromatic nitrogens is 2. The van der Waals surface area contributed by atoms with Crippen molar-refractivity contribution < 1.29 is 9.18 Å². The summed E-state index contributed by atoms with van der Waals surface area (Å²) in [5.74, 6) is 1.13. The van der Waals surface area contributed by atoms with Crippen molar-refractivity contribution in [1.82, 2.24) is 9.55 Å². The zero-order chi connectivity index (χ0) is 23.5. The number of hydrogen-bond donors (Lipinski definition) is 1. The minimum Gasteiger partial charge on any atom is -0.322 e. The molecule has 0 unspecified atom stereocenters. The molecule has 34 heavy (non-hydrogen) atoms. The second-order valence-corrected chi connectivity index (χ2v) is 8.98. The summed E-state index contributed by atoms with van der Waals surface area (Å²) in [6.07, 6.45) is 0. The molecule has 1 N–H and O–H groups in total. The average molecular weight is 468 g/mol. The number of halogens is 1. The van der Waals surface area contributed by atoms with E-state index in [2.05, 4.69) is 22.4 Å². The van der Waals surface area contributed by atoms with Crippen LogP contribution in [-0.4, -0.2) is 15.5 Å². The van der Waals surface area contributed by atoms with Crippen molar-refractivity contribution in [2.75, 3.05) is 5.32 Å². The molecular formula is C28H22FN3OS. The summed E-state index contributed by atoms with van der Waals surface area (Å²) in [5.41, 5.74) is 4.89. The molecule has 168 valence electrons. The van der Waals surface area contributed by atoms with Gasteiger partial charge < -0.3 is 5.32 Å². The number of carbonyl (C=O) groups excluding carboxylic acids is 1. The molecular weight excluding hydrogens is 445 g/mol. The van der Waals surface area contributed by atoms with Gasteiger partial charge in [-0.3, -0.25) is 9.36 Å². The predicted molar refractivity (Wildman–Crippen MR) is 136 cm³/mol. The Bertz CT molecular complexity index is 1460. The van der Waals surface area contributed by atoms with Crippen LogP contribution in [0.1, 0.15) is 21.7 Å². The molecule has 0 atom stereocenters. The molecule has 0 spiro atoms. The maximum absolute atomic E-state index is 13.4. The van der Waals surface area contributed by atoms with E-state index in [0.29, 0.717) is 5.56 Å². The Hall–Kier alpha value is -3.90. The molecule has 1 heterocycles. The van der Waals surface area contributed by atoms with Gasteiger partial charge in [-0.1, -0.05) is 36.4 Å². The largest absolute Gasteiger partial charge is 0.322 e. The monoisotopic (exact) mass is 467 g/mol. The average Bonchev–Trinajstić information content (AvgIpc) is 3.19. The highest BCUT2D eigenvalue weighted by atomic mass is 32.2. The van der Waals surface area contributed by atoms with Gasteiger partial charge in [0, 0.05) is 27.6 Å². The first-order valence-corrected chi connectivity index (χ1v) is 11.9. The number of fused-ring (bicyclic) bond motifs is 1. The van der Waals surface area contributed by atoms with Crippen LogP contribution in [0.3, 0.4) is 0 Å². The predicted octanol–water partition coefficient (Wildman–Crippen LogP) is 7.02. The summed E-state index contributed by atoms with van der Waals surface area (Å²) in [4.78, 5) is 18.7. The summed E-state index contributed by atoms with van der Waals surface area (Å²) >= 11 is 1.73. The highest BCUT2D eigenvalue weighted by Gasteiger charge is 2.14. The molecule has 0 aliphatic heterocycles. The maximum atomic E-state index is 13.4. The molecule has 5 rings (SSSR count). The van der Waals surface area contributed by atoms with Crippen LogP contribution >= 0.6 is 11.8 Å². The lowest BCUT2D eigenvalue weighted by Crippen LogP contribution is -2.12. The summed E-state index contributed by atoms with van der Waals surface area (Å²) in [6.45, 7) is 1.89. The van der Waals surface area contributed by atoms with Crippen LogP contribution in [0.4, 0.5) is 10.1 Å². The van der Waals surface area contributed by atoms with E-state index in [1.165, 1.54) is 17.7 Å². The fourth-order valence-electron chi connectivity index (χ4n) is 3.86. The number of benzene rings is 4. The van der Waals surface area contributed by atoms with E-state index in [0.717, 1.165) is 38.9 Å². The van der Waals surface area contributed by atoms with Gasteiger partial charge in [-0.2, -0.15) is 0 Å². The second kappa shape index (κ2) is 9.53. The number of amides is 1. The van der Waals surface area contributed by atoms with Crippen LogP contribution in [0, 0.1) is 12.7 Å². The molecule has 0 fully saturated rings. The number of hydrogen-bond acceptors (Lipinski definition) is 3. The molecule has 4 aromatic carbocycles. The quantitative estimate of drug-likeness (QED) is 0.273. The van der Waals surface area contributed by atoms with Crippen molar-refractivity contribution in [3.63, 3.8) is 0 Å². The van der Waals surface area contributed by atoms with Crippen molar-refractivity contribution in [2.45, 2.75) is 17.6 Å². The number of nitrogens with zero attached hydrogens (tertiary/aromatic N) is 2. The molecule has 0 saturated heterocycles. The molecule has 0 bridgehead atoms. The Labute approximate surface area is 201 Å². The van der Waals surface area contributed by atoms with Gasteiger partial charge in [0.1, 0.15) is 11.6 Å². The van der Waals surface area contributed by atoms with Crippen LogP contribution in [0.2, 0.25) is 0 Å². The highest BCUT2D eigenvalue weighted by molar-refractivity contribution is 7.98. The normalized spacial score (nSPS) is 11.0. The lowest BCUT2D eigenvalue weighted by atomic mass is 10.1. The van der Waals surface area contributed by atoms with Crippen molar-refractivity contribution in [2.24, 2.45) is 0 Å². The Morgan fingerprint density at radius 2 is 1.74 bits per heavy atom. The van der Waals surface area contributed by atoms with Crippen LogP contribution < -0.4 is 5.32 Å². The van der Waals surface area contributed by atoms with Gasteiger partial charge in [-0.25, -0.2) is 9.37 Å². The molecule has 1 amide bonds. The smallest absolute Gasteiger partial charge is 0.255 e. The zero-order valence-electron chi connectivity index (χ0n) is 18.5. The fraction of sp³-hybridized carbons (Fsp3) is 0.0714. The molecule has 1 aromatic heterocycles. The highest BCUT2D eigenvalue weighted by Crippen LogP contribution is 2.26. The van der Waals surface area contributed by atoms with Gasteiger partial charge in [0.25, 0.3) is 5.91 Å². The third kappa shape index (κ3) is 4.72. The zero-order valence-corrected chi connectivity index (χ0v) is 19.4. The number of rotatable bonds is 6. The molecule has 0 radical (unpaired) electrons. The van der Waals surface area contributed by atoms with Crippen LogP contribution in [0.15, 0.2) is 102 Å². The lowest BCUT2D eigenvalue weighted by Gasteiger charge is -2.09. The number of nitrogens with one attached hydrogen (secondary N) is 1. The van der Waals surface area contributed by atoms with Crippen molar-refractivity contribution in [3.05, 3.63) is 120 Å². The first-order chi connectivity index (χ1) is 16.6. The fourth-order valence-corrected chi connectivity index (χ4v) is 4.77. The summed E-state index contributed by atoms with van der Waals surface area (Å²) in [7, 11) is 0. The van der Waals surface area contributed by atoms with Gasteiger partial charge in [0.15, 0.2) is 0 Å². The minimum atomic E-state index is -0.296. The van der Waals surface area contributed by atoms with Gasteiger partial charge in [0.05, 0.1) is 11.0 Å². The number of aryl methyl sites for hydroxylation is 1. The van der Waals surface area contributed by atoms with E-state index < -0.39 is 0 Å². The lowest BCUT2D eigenvalue weighted by molar-refractivity contribution is 0.102. The van der Waals surface area contributed by atoms with Crippen LogP contribution in [0.5, 0.6) is 0 Å². The molecule has 0 saturated carbocycles. The van der Waals surface area contributed by atoms with E-state index in [1.54, 1.807) is 30.0 Å². The standard InChI is InChI=1S/C28H22FN3OS/c1-19-30-26-15-10-21(16-27(26)32(19)24-13-11-22(29)12-14-24)28(33)31-23-8-5-9-25(17-23)34-18-20-6-3-2-4-7-20/h2-17H,18H2,1H3,(H,31,33). The number of thioether (sulfide) groups is 1. The van der Waals surface area contributed by atoms with Gasteiger partial charge in [0.2, 0.25) is 0 Å². The third-order valence-corrected chi connectivity index (χ3v) is 6.57. The van der Waals surface area contributed by atoms with E-state index in [1.807, 2.05) is 66.1 Å². The Morgan fingerprint density at radius 3 is 2.53 bits per heavy atom. The molecule has 0 aliphatic carbocycles. The first-order valence-electron chi connectivity index (χ1n) is 10.9. The van der Waals surface area contributed by atoms with Crippen molar-refractivity contribution in [1.29, 1.82) is 0 Å². The second-order valence-electron chi connectivity index (χ2n) is 7.93. The van der Waals surface area contributed by atoms with Crippen LogP contribution in [-0.2, 0) is 5.75 Å².